The lowest BCUT2D eigenvalue weighted by Gasteiger charge is -2.43. The standard InChI is InChI=1S/C23H29ClN4O4/c1-26-8-10-27(11-9-26)21(29)13-23(16-31-19-5-2-4-18(24)12-19)6-3-7-28(15-23)22(30)20-14-25-17-32-20/h2,4-5,12,14,17H,3,6-11,13,15-16H2,1H3. The maximum absolute atomic E-state index is 13.2. The molecular weight excluding hydrogens is 432 g/mol. The first-order valence-electron chi connectivity index (χ1n) is 11.0. The summed E-state index contributed by atoms with van der Waals surface area (Å²) in [5.41, 5.74) is -0.489. The molecule has 1 aromatic carbocycles. The van der Waals surface area contributed by atoms with Crippen molar-refractivity contribution in [2.45, 2.75) is 19.3 Å². The van der Waals surface area contributed by atoms with Crippen molar-refractivity contribution in [1.82, 2.24) is 19.7 Å². The van der Waals surface area contributed by atoms with Crippen LogP contribution in [0.4, 0.5) is 0 Å². The maximum Gasteiger partial charge on any atom is 0.291 e. The lowest BCUT2D eigenvalue weighted by atomic mass is 9.77. The fraction of sp³-hybridized carbons (Fsp3) is 0.522. The van der Waals surface area contributed by atoms with Crippen molar-refractivity contribution in [3.63, 3.8) is 0 Å². The molecule has 2 aliphatic heterocycles. The molecule has 2 fully saturated rings. The Morgan fingerprint density at radius 1 is 1.19 bits per heavy atom. The first kappa shape index (κ1) is 22.6. The van der Waals surface area contributed by atoms with Crippen LogP contribution in [0.3, 0.4) is 0 Å². The summed E-state index contributed by atoms with van der Waals surface area (Å²) in [6, 6.07) is 7.24. The van der Waals surface area contributed by atoms with Gasteiger partial charge in [-0.05, 0) is 38.1 Å². The Hall–Kier alpha value is -2.58. The quantitative estimate of drug-likeness (QED) is 0.659. The highest BCUT2D eigenvalue weighted by molar-refractivity contribution is 6.30. The molecule has 172 valence electrons. The molecule has 8 nitrogen and oxygen atoms in total. The molecule has 2 amide bonds. The molecule has 2 saturated heterocycles. The number of ether oxygens (including phenoxy) is 1. The number of carbonyl (C=O) groups excluding carboxylic acids is 2. The third kappa shape index (κ3) is 5.42. The molecule has 0 spiro atoms. The lowest BCUT2D eigenvalue weighted by molar-refractivity contribution is -0.137. The second-order valence-corrected chi connectivity index (χ2v) is 9.24. The molecule has 9 heteroatoms. The van der Waals surface area contributed by atoms with Crippen molar-refractivity contribution in [3.05, 3.63) is 47.6 Å². The number of piperidine rings is 1. The molecule has 2 aliphatic rings. The summed E-state index contributed by atoms with van der Waals surface area (Å²) in [7, 11) is 2.07. The first-order valence-corrected chi connectivity index (χ1v) is 11.3. The topological polar surface area (TPSA) is 79.1 Å². The van der Waals surface area contributed by atoms with Gasteiger partial charge in [-0.2, -0.15) is 0 Å². The first-order chi connectivity index (χ1) is 15.4. The number of hydrogen-bond donors (Lipinski definition) is 0. The number of likely N-dealkylation sites (N-methyl/N-ethyl adjacent to an activating group) is 1. The number of benzene rings is 1. The molecule has 1 atom stereocenters. The summed E-state index contributed by atoms with van der Waals surface area (Å²) in [5.74, 6) is 0.771. The van der Waals surface area contributed by atoms with E-state index in [1.165, 1.54) is 12.6 Å². The average Bonchev–Trinajstić information content (AvgIpc) is 3.33. The van der Waals surface area contributed by atoms with Crippen LogP contribution in [0.5, 0.6) is 5.75 Å². The van der Waals surface area contributed by atoms with Crippen molar-refractivity contribution < 1.29 is 18.7 Å². The van der Waals surface area contributed by atoms with Gasteiger partial charge < -0.3 is 23.9 Å². The van der Waals surface area contributed by atoms with Crippen molar-refractivity contribution >= 4 is 23.4 Å². The fourth-order valence-electron chi connectivity index (χ4n) is 4.45. The van der Waals surface area contributed by atoms with E-state index in [1.807, 2.05) is 17.0 Å². The van der Waals surface area contributed by atoms with Crippen LogP contribution in [0.25, 0.3) is 0 Å². The minimum atomic E-state index is -0.489. The van der Waals surface area contributed by atoms with Gasteiger partial charge in [0.25, 0.3) is 5.91 Å². The number of aromatic nitrogens is 1. The normalized spacial score (nSPS) is 22.1. The van der Waals surface area contributed by atoms with Crippen LogP contribution in [0.2, 0.25) is 5.02 Å². The third-order valence-corrected chi connectivity index (χ3v) is 6.55. The van der Waals surface area contributed by atoms with Crippen molar-refractivity contribution in [2.24, 2.45) is 5.41 Å². The Kier molecular flexibility index (Phi) is 7.01. The third-order valence-electron chi connectivity index (χ3n) is 6.32. The largest absolute Gasteiger partial charge is 0.493 e. The van der Waals surface area contributed by atoms with Gasteiger partial charge in [0.05, 0.1) is 12.8 Å². The van der Waals surface area contributed by atoms with E-state index in [0.29, 0.717) is 36.9 Å². The van der Waals surface area contributed by atoms with E-state index < -0.39 is 5.41 Å². The smallest absolute Gasteiger partial charge is 0.291 e. The van der Waals surface area contributed by atoms with Gasteiger partial charge in [0, 0.05) is 56.1 Å². The summed E-state index contributed by atoms with van der Waals surface area (Å²) < 4.78 is 11.3. The van der Waals surface area contributed by atoms with E-state index in [4.69, 9.17) is 20.8 Å². The summed E-state index contributed by atoms with van der Waals surface area (Å²) in [6.45, 7) is 4.55. The van der Waals surface area contributed by atoms with E-state index >= 15 is 0 Å². The van der Waals surface area contributed by atoms with Crippen molar-refractivity contribution in [2.75, 3.05) is 52.9 Å². The van der Waals surface area contributed by atoms with Gasteiger partial charge in [-0.1, -0.05) is 17.7 Å². The van der Waals surface area contributed by atoms with Gasteiger partial charge in [0.1, 0.15) is 5.75 Å². The zero-order chi connectivity index (χ0) is 22.6. The van der Waals surface area contributed by atoms with Crippen LogP contribution in [-0.4, -0.2) is 84.4 Å². The highest BCUT2D eigenvalue weighted by atomic mass is 35.5. The van der Waals surface area contributed by atoms with Crippen LogP contribution < -0.4 is 4.74 Å². The summed E-state index contributed by atoms with van der Waals surface area (Å²) in [4.78, 5) is 35.9. The monoisotopic (exact) mass is 460 g/mol. The number of piperazine rings is 1. The maximum atomic E-state index is 13.2. The number of halogens is 1. The second-order valence-electron chi connectivity index (χ2n) is 8.80. The molecule has 0 saturated carbocycles. The van der Waals surface area contributed by atoms with Crippen LogP contribution in [0.1, 0.15) is 29.8 Å². The minimum Gasteiger partial charge on any atom is -0.493 e. The number of hydrogen-bond acceptors (Lipinski definition) is 6. The summed E-state index contributed by atoms with van der Waals surface area (Å²) >= 11 is 6.11. The molecule has 1 unspecified atom stereocenters. The van der Waals surface area contributed by atoms with Gasteiger partial charge >= 0.3 is 0 Å². The van der Waals surface area contributed by atoms with Crippen molar-refractivity contribution in [1.29, 1.82) is 0 Å². The number of amides is 2. The van der Waals surface area contributed by atoms with Crippen LogP contribution >= 0.6 is 11.6 Å². The predicted octanol–water partition coefficient (Wildman–Crippen LogP) is 2.79. The Labute approximate surface area is 193 Å². The second kappa shape index (κ2) is 9.92. The summed E-state index contributed by atoms with van der Waals surface area (Å²) in [6.07, 6.45) is 4.60. The van der Waals surface area contributed by atoms with Crippen LogP contribution in [0.15, 0.2) is 41.3 Å². The van der Waals surface area contributed by atoms with Crippen LogP contribution in [0, 0.1) is 5.41 Å². The van der Waals surface area contributed by atoms with E-state index in [0.717, 1.165) is 39.0 Å². The SMILES string of the molecule is CN1CCN(C(=O)CC2(COc3cccc(Cl)c3)CCCN(C(=O)c3cnco3)C2)CC1. The predicted molar refractivity (Wildman–Crippen MR) is 120 cm³/mol. The fourth-order valence-corrected chi connectivity index (χ4v) is 4.63. The molecule has 0 N–H and O–H groups in total. The van der Waals surface area contributed by atoms with E-state index in [2.05, 4.69) is 16.9 Å². The van der Waals surface area contributed by atoms with Gasteiger partial charge in [0.2, 0.25) is 11.7 Å². The zero-order valence-electron chi connectivity index (χ0n) is 18.3. The Morgan fingerprint density at radius 3 is 2.72 bits per heavy atom. The number of rotatable bonds is 6. The Bertz CT molecular complexity index is 930. The number of likely N-dealkylation sites (tertiary alicyclic amines) is 1. The minimum absolute atomic E-state index is 0.113. The van der Waals surface area contributed by atoms with E-state index in [9.17, 15) is 9.59 Å². The summed E-state index contributed by atoms with van der Waals surface area (Å²) in [5, 5.41) is 0.593. The van der Waals surface area contributed by atoms with Gasteiger partial charge in [-0.3, -0.25) is 9.59 Å². The molecule has 0 aliphatic carbocycles. The van der Waals surface area contributed by atoms with E-state index in [-0.39, 0.29) is 17.6 Å². The Morgan fingerprint density at radius 2 is 2.00 bits per heavy atom. The van der Waals surface area contributed by atoms with E-state index in [1.54, 1.807) is 17.0 Å². The molecule has 3 heterocycles. The van der Waals surface area contributed by atoms with Crippen LogP contribution in [-0.2, 0) is 4.79 Å². The molecule has 32 heavy (non-hydrogen) atoms. The number of oxazole rings is 1. The van der Waals surface area contributed by atoms with Gasteiger partial charge in [-0.15, -0.1) is 0 Å². The molecule has 2 aromatic rings. The van der Waals surface area contributed by atoms with Gasteiger partial charge in [0.15, 0.2) is 6.39 Å². The highest BCUT2D eigenvalue weighted by Gasteiger charge is 2.41. The molecule has 0 radical (unpaired) electrons. The van der Waals surface area contributed by atoms with Crippen molar-refractivity contribution in [3.8, 4) is 5.75 Å². The average molecular weight is 461 g/mol. The molecule has 0 bridgehead atoms. The molecule has 1 aromatic heterocycles. The number of nitrogens with zero attached hydrogens (tertiary/aromatic N) is 4. The lowest BCUT2D eigenvalue weighted by Crippen LogP contribution is -2.53. The molecular formula is C23H29ClN4O4. The zero-order valence-corrected chi connectivity index (χ0v) is 19.1. The molecule has 4 rings (SSSR count). The highest BCUT2D eigenvalue weighted by Crippen LogP contribution is 2.36. The number of carbonyl (C=O) groups is 2. The Balaban J connectivity index is 1.51. The van der Waals surface area contributed by atoms with Gasteiger partial charge in [-0.25, -0.2) is 4.98 Å².